The van der Waals surface area contributed by atoms with Gasteiger partial charge in [0.2, 0.25) is 0 Å². The number of likely N-dealkylation sites (N-methyl/N-ethyl adjacent to an activating group) is 1. The summed E-state index contributed by atoms with van der Waals surface area (Å²) >= 11 is 5.94. The molecule has 0 saturated heterocycles. The van der Waals surface area contributed by atoms with Crippen molar-refractivity contribution in [1.82, 2.24) is 15.1 Å². The fourth-order valence-corrected chi connectivity index (χ4v) is 2.53. The second-order valence-corrected chi connectivity index (χ2v) is 5.34. The molecular formula is C16H22ClN3. The lowest BCUT2D eigenvalue weighted by Gasteiger charge is -2.17. The molecule has 0 aliphatic carbocycles. The normalized spacial score (nSPS) is 12.6. The van der Waals surface area contributed by atoms with Crippen LogP contribution in [-0.2, 0) is 19.4 Å². The van der Waals surface area contributed by atoms with Crippen molar-refractivity contribution in [2.24, 2.45) is 0 Å². The number of nitrogens with zero attached hydrogens (tertiary/aromatic N) is 2. The quantitative estimate of drug-likeness (QED) is 0.881. The molecule has 3 nitrogen and oxygen atoms in total. The van der Waals surface area contributed by atoms with Gasteiger partial charge < -0.3 is 5.32 Å². The molecule has 1 N–H and O–H groups in total. The van der Waals surface area contributed by atoms with Gasteiger partial charge in [-0.1, -0.05) is 30.7 Å². The number of rotatable bonds is 6. The SMILES string of the molecule is CCc1cc(C(Cc2ccc(Cl)cc2)NC)n(CC)n1. The zero-order valence-corrected chi connectivity index (χ0v) is 13.1. The monoisotopic (exact) mass is 291 g/mol. The lowest BCUT2D eigenvalue weighted by molar-refractivity contribution is 0.512. The van der Waals surface area contributed by atoms with E-state index < -0.39 is 0 Å². The maximum absolute atomic E-state index is 5.94. The smallest absolute Gasteiger partial charge is 0.0625 e. The predicted octanol–water partition coefficient (Wildman–Crippen LogP) is 3.62. The third kappa shape index (κ3) is 3.41. The second-order valence-electron chi connectivity index (χ2n) is 4.90. The van der Waals surface area contributed by atoms with E-state index in [1.807, 2.05) is 19.2 Å². The Kier molecular flexibility index (Phi) is 5.21. The summed E-state index contributed by atoms with van der Waals surface area (Å²) < 4.78 is 2.09. The van der Waals surface area contributed by atoms with E-state index in [1.54, 1.807) is 0 Å². The van der Waals surface area contributed by atoms with Gasteiger partial charge in [-0.15, -0.1) is 0 Å². The van der Waals surface area contributed by atoms with Gasteiger partial charge in [0.25, 0.3) is 0 Å². The van der Waals surface area contributed by atoms with Crippen LogP contribution < -0.4 is 5.32 Å². The number of nitrogens with one attached hydrogen (secondary N) is 1. The molecule has 2 rings (SSSR count). The molecule has 1 aromatic heterocycles. The molecule has 0 amide bonds. The summed E-state index contributed by atoms with van der Waals surface area (Å²) in [7, 11) is 2.00. The average molecular weight is 292 g/mol. The van der Waals surface area contributed by atoms with Crippen LogP contribution in [0.4, 0.5) is 0 Å². The van der Waals surface area contributed by atoms with Gasteiger partial charge in [-0.3, -0.25) is 4.68 Å². The van der Waals surface area contributed by atoms with E-state index in [-0.39, 0.29) is 6.04 Å². The van der Waals surface area contributed by atoms with Crippen molar-refractivity contribution in [3.05, 3.63) is 52.3 Å². The van der Waals surface area contributed by atoms with Crippen LogP contribution in [0.3, 0.4) is 0 Å². The first kappa shape index (κ1) is 15.1. The van der Waals surface area contributed by atoms with Gasteiger partial charge in [0.1, 0.15) is 0 Å². The molecule has 0 aliphatic heterocycles. The largest absolute Gasteiger partial charge is 0.311 e. The molecule has 1 aromatic carbocycles. The summed E-state index contributed by atoms with van der Waals surface area (Å²) in [6.45, 7) is 5.17. The zero-order valence-electron chi connectivity index (χ0n) is 12.4. The maximum atomic E-state index is 5.94. The van der Waals surface area contributed by atoms with Gasteiger partial charge in [-0.25, -0.2) is 0 Å². The average Bonchev–Trinajstić information content (AvgIpc) is 2.90. The Morgan fingerprint density at radius 2 is 1.95 bits per heavy atom. The second kappa shape index (κ2) is 6.91. The highest BCUT2D eigenvalue weighted by Gasteiger charge is 2.16. The van der Waals surface area contributed by atoms with Gasteiger partial charge in [0.15, 0.2) is 0 Å². The van der Waals surface area contributed by atoms with Crippen LogP contribution in [0.25, 0.3) is 0 Å². The van der Waals surface area contributed by atoms with Crippen molar-refractivity contribution in [3.8, 4) is 0 Å². The van der Waals surface area contributed by atoms with Crippen LogP contribution in [-0.4, -0.2) is 16.8 Å². The number of hydrogen-bond acceptors (Lipinski definition) is 2. The van der Waals surface area contributed by atoms with E-state index in [1.165, 1.54) is 11.3 Å². The van der Waals surface area contributed by atoms with Crippen molar-refractivity contribution in [2.45, 2.75) is 39.3 Å². The van der Waals surface area contributed by atoms with Crippen LogP contribution in [0.1, 0.15) is 36.8 Å². The highest BCUT2D eigenvalue weighted by atomic mass is 35.5. The van der Waals surface area contributed by atoms with Crippen molar-refractivity contribution in [2.75, 3.05) is 7.05 Å². The summed E-state index contributed by atoms with van der Waals surface area (Å²) in [5.74, 6) is 0. The van der Waals surface area contributed by atoms with Crippen LogP contribution >= 0.6 is 11.6 Å². The molecule has 20 heavy (non-hydrogen) atoms. The van der Waals surface area contributed by atoms with Gasteiger partial charge >= 0.3 is 0 Å². The third-order valence-corrected chi connectivity index (χ3v) is 3.83. The van der Waals surface area contributed by atoms with Crippen LogP contribution in [0.5, 0.6) is 0 Å². The van der Waals surface area contributed by atoms with E-state index in [0.717, 1.165) is 30.1 Å². The molecule has 4 heteroatoms. The number of benzene rings is 1. The molecular weight excluding hydrogens is 270 g/mol. The molecule has 0 aliphatic rings. The minimum atomic E-state index is 0.268. The van der Waals surface area contributed by atoms with Crippen molar-refractivity contribution in [1.29, 1.82) is 0 Å². The van der Waals surface area contributed by atoms with E-state index >= 15 is 0 Å². The topological polar surface area (TPSA) is 29.9 Å². The van der Waals surface area contributed by atoms with Gasteiger partial charge in [0, 0.05) is 11.6 Å². The summed E-state index contributed by atoms with van der Waals surface area (Å²) in [4.78, 5) is 0. The Morgan fingerprint density at radius 3 is 2.50 bits per heavy atom. The summed E-state index contributed by atoms with van der Waals surface area (Å²) in [6.07, 6.45) is 1.90. The first-order valence-corrected chi connectivity index (χ1v) is 7.54. The van der Waals surface area contributed by atoms with Crippen LogP contribution in [0.15, 0.2) is 30.3 Å². The van der Waals surface area contributed by atoms with Crippen molar-refractivity contribution < 1.29 is 0 Å². The van der Waals surface area contributed by atoms with Crippen molar-refractivity contribution >= 4 is 11.6 Å². The summed E-state index contributed by atoms with van der Waals surface area (Å²) in [5.41, 5.74) is 3.68. The first-order chi connectivity index (χ1) is 9.67. The van der Waals surface area contributed by atoms with Gasteiger partial charge in [0.05, 0.1) is 17.4 Å². The number of aromatic nitrogens is 2. The summed E-state index contributed by atoms with van der Waals surface area (Å²) in [6, 6.07) is 10.5. The predicted molar refractivity (Wildman–Crippen MR) is 84.2 cm³/mol. The highest BCUT2D eigenvalue weighted by molar-refractivity contribution is 6.30. The molecule has 0 bridgehead atoms. The lowest BCUT2D eigenvalue weighted by atomic mass is 10.0. The first-order valence-electron chi connectivity index (χ1n) is 7.16. The van der Waals surface area contributed by atoms with Gasteiger partial charge in [-0.2, -0.15) is 5.10 Å². The molecule has 0 spiro atoms. The van der Waals surface area contributed by atoms with Crippen LogP contribution in [0, 0.1) is 0 Å². The molecule has 108 valence electrons. The Balaban J connectivity index is 2.23. The Labute approximate surface area is 126 Å². The lowest BCUT2D eigenvalue weighted by Crippen LogP contribution is -2.22. The minimum Gasteiger partial charge on any atom is -0.311 e. The van der Waals surface area contributed by atoms with E-state index in [2.05, 4.69) is 47.1 Å². The number of halogens is 1. The molecule has 1 heterocycles. The molecule has 1 unspecified atom stereocenters. The summed E-state index contributed by atoms with van der Waals surface area (Å²) in [5, 5.41) is 8.81. The zero-order chi connectivity index (χ0) is 14.5. The molecule has 2 aromatic rings. The Hall–Kier alpha value is -1.32. The molecule has 0 saturated carbocycles. The van der Waals surface area contributed by atoms with E-state index in [4.69, 9.17) is 11.6 Å². The van der Waals surface area contributed by atoms with Crippen LogP contribution in [0.2, 0.25) is 5.02 Å². The highest BCUT2D eigenvalue weighted by Crippen LogP contribution is 2.21. The maximum Gasteiger partial charge on any atom is 0.0625 e. The fourth-order valence-electron chi connectivity index (χ4n) is 2.40. The van der Waals surface area contributed by atoms with E-state index in [9.17, 15) is 0 Å². The number of aryl methyl sites for hydroxylation is 2. The standard InChI is InChI=1S/C16H22ClN3/c1-4-14-11-16(20(5-2)19-14)15(18-3)10-12-6-8-13(17)9-7-12/h6-9,11,15,18H,4-5,10H2,1-3H3. The number of hydrogen-bond donors (Lipinski definition) is 1. The molecule has 0 radical (unpaired) electrons. The molecule has 1 atom stereocenters. The van der Waals surface area contributed by atoms with Crippen molar-refractivity contribution in [3.63, 3.8) is 0 Å². The van der Waals surface area contributed by atoms with E-state index in [0.29, 0.717) is 0 Å². The Morgan fingerprint density at radius 1 is 1.25 bits per heavy atom. The fraction of sp³-hybridized carbons (Fsp3) is 0.438. The third-order valence-electron chi connectivity index (χ3n) is 3.58. The minimum absolute atomic E-state index is 0.268. The molecule has 0 fully saturated rings. The Bertz CT molecular complexity index is 545. The van der Waals surface area contributed by atoms with Gasteiger partial charge in [-0.05, 0) is 50.6 Å².